The maximum Gasteiger partial charge on any atom is 0.141 e. The van der Waals surface area contributed by atoms with Crippen LogP contribution in [0.1, 0.15) is 0 Å². The fraction of sp³-hybridized carbons (Fsp3) is 0.222. The van der Waals surface area contributed by atoms with Gasteiger partial charge in [0.05, 0.1) is 0 Å². The van der Waals surface area contributed by atoms with E-state index in [1.807, 2.05) is 30.3 Å². The molecular formula is C9H9ClO2. The Labute approximate surface area is 76.1 Å². The van der Waals surface area contributed by atoms with E-state index in [4.69, 9.17) is 16.3 Å². The number of alkyl halides is 1. The summed E-state index contributed by atoms with van der Waals surface area (Å²) in [6.45, 7) is 0.217. The van der Waals surface area contributed by atoms with Crippen molar-refractivity contribution in [2.24, 2.45) is 0 Å². The average Bonchev–Trinajstić information content (AvgIpc) is 2.16. The number of ether oxygens (including phenoxy) is 1. The molecule has 0 heterocycles. The molecule has 0 fully saturated rings. The van der Waals surface area contributed by atoms with Gasteiger partial charge in [-0.1, -0.05) is 18.2 Å². The molecule has 0 bridgehead atoms. The van der Waals surface area contributed by atoms with Gasteiger partial charge in [0.15, 0.2) is 0 Å². The number of aldehydes is 1. The summed E-state index contributed by atoms with van der Waals surface area (Å²) in [5, 5.41) is -0.565. The molecule has 3 heteroatoms. The zero-order chi connectivity index (χ0) is 8.81. The summed E-state index contributed by atoms with van der Waals surface area (Å²) >= 11 is 5.52. The quantitative estimate of drug-likeness (QED) is 0.528. The van der Waals surface area contributed by atoms with E-state index >= 15 is 0 Å². The Balaban J connectivity index is 2.38. The van der Waals surface area contributed by atoms with Crippen molar-refractivity contribution in [2.45, 2.75) is 5.38 Å². The molecule has 0 aliphatic carbocycles. The number of carbonyl (C=O) groups excluding carboxylic acids is 1. The van der Waals surface area contributed by atoms with Gasteiger partial charge in [0.2, 0.25) is 0 Å². The van der Waals surface area contributed by atoms with E-state index in [9.17, 15) is 4.79 Å². The lowest BCUT2D eigenvalue weighted by Gasteiger charge is -2.05. The first kappa shape index (κ1) is 9.07. The fourth-order valence-corrected chi connectivity index (χ4v) is 0.795. The molecule has 1 aromatic carbocycles. The Hall–Kier alpha value is -1.02. The van der Waals surface area contributed by atoms with Crippen molar-refractivity contribution < 1.29 is 9.53 Å². The average molecular weight is 185 g/mol. The lowest BCUT2D eigenvalue weighted by atomic mass is 10.3. The van der Waals surface area contributed by atoms with Gasteiger partial charge in [0, 0.05) is 0 Å². The third-order valence-corrected chi connectivity index (χ3v) is 1.53. The van der Waals surface area contributed by atoms with Crippen molar-refractivity contribution in [1.82, 2.24) is 0 Å². The Bertz CT molecular complexity index is 236. The van der Waals surface area contributed by atoms with Gasteiger partial charge in [-0.25, -0.2) is 0 Å². The van der Waals surface area contributed by atoms with Crippen LogP contribution in [0.4, 0.5) is 0 Å². The minimum absolute atomic E-state index is 0.217. The van der Waals surface area contributed by atoms with E-state index in [0.29, 0.717) is 6.29 Å². The summed E-state index contributed by atoms with van der Waals surface area (Å²) in [4.78, 5) is 10.1. The summed E-state index contributed by atoms with van der Waals surface area (Å²) in [6, 6.07) is 9.24. The molecule has 0 N–H and O–H groups in total. The smallest absolute Gasteiger partial charge is 0.141 e. The lowest BCUT2D eigenvalue weighted by molar-refractivity contribution is -0.108. The highest BCUT2D eigenvalue weighted by Crippen LogP contribution is 2.08. The second kappa shape index (κ2) is 4.78. The minimum Gasteiger partial charge on any atom is -0.492 e. The summed E-state index contributed by atoms with van der Waals surface area (Å²) in [7, 11) is 0. The monoisotopic (exact) mass is 184 g/mol. The van der Waals surface area contributed by atoms with Crippen molar-refractivity contribution in [3.05, 3.63) is 30.3 Å². The van der Waals surface area contributed by atoms with Crippen LogP contribution >= 0.6 is 11.6 Å². The lowest BCUT2D eigenvalue weighted by Crippen LogP contribution is -2.12. The van der Waals surface area contributed by atoms with E-state index in [-0.39, 0.29) is 6.61 Å². The Kier molecular flexibility index (Phi) is 3.61. The molecule has 0 saturated carbocycles. The summed E-state index contributed by atoms with van der Waals surface area (Å²) < 4.78 is 5.20. The van der Waals surface area contributed by atoms with Crippen molar-refractivity contribution in [3.63, 3.8) is 0 Å². The van der Waals surface area contributed by atoms with Gasteiger partial charge in [-0.15, -0.1) is 11.6 Å². The predicted octanol–water partition coefficient (Wildman–Crippen LogP) is 1.87. The number of para-hydroxylation sites is 1. The maximum absolute atomic E-state index is 10.1. The van der Waals surface area contributed by atoms with Gasteiger partial charge in [-0.2, -0.15) is 0 Å². The maximum atomic E-state index is 10.1. The molecule has 1 aromatic rings. The van der Waals surface area contributed by atoms with Crippen LogP contribution in [0.2, 0.25) is 0 Å². The molecule has 1 unspecified atom stereocenters. The van der Waals surface area contributed by atoms with Crippen molar-refractivity contribution >= 4 is 17.9 Å². The Morgan fingerprint density at radius 1 is 1.42 bits per heavy atom. The third kappa shape index (κ3) is 2.93. The number of rotatable bonds is 4. The van der Waals surface area contributed by atoms with Crippen LogP contribution in [0, 0.1) is 0 Å². The largest absolute Gasteiger partial charge is 0.492 e. The summed E-state index contributed by atoms with van der Waals surface area (Å²) in [6.07, 6.45) is 0.657. The zero-order valence-electron chi connectivity index (χ0n) is 6.44. The first-order valence-corrected chi connectivity index (χ1v) is 4.04. The van der Waals surface area contributed by atoms with Crippen molar-refractivity contribution in [3.8, 4) is 5.75 Å². The van der Waals surface area contributed by atoms with Gasteiger partial charge >= 0.3 is 0 Å². The first-order valence-electron chi connectivity index (χ1n) is 3.60. The molecular weight excluding hydrogens is 176 g/mol. The Morgan fingerprint density at radius 2 is 2.08 bits per heavy atom. The van der Waals surface area contributed by atoms with E-state index in [2.05, 4.69) is 0 Å². The molecule has 64 valence electrons. The number of benzene rings is 1. The molecule has 1 rings (SSSR count). The molecule has 1 atom stereocenters. The van der Waals surface area contributed by atoms with Crippen LogP contribution in [0.15, 0.2) is 30.3 Å². The second-order valence-electron chi connectivity index (χ2n) is 2.28. The standard InChI is InChI=1S/C9H9ClO2/c10-8(6-11)7-12-9-4-2-1-3-5-9/h1-6,8H,7H2. The van der Waals surface area contributed by atoms with Crippen LogP contribution in [0.25, 0.3) is 0 Å². The van der Waals surface area contributed by atoms with Crippen LogP contribution in [0.3, 0.4) is 0 Å². The molecule has 0 aliphatic heterocycles. The molecule has 2 nitrogen and oxygen atoms in total. The van der Waals surface area contributed by atoms with Crippen LogP contribution < -0.4 is 4.74 Å². The van der Waals surface area contributed by atoms with Gasteiger partial charge in [-0.3, -0.25) is 0 Å². The fourth-order valence-electron chi connectivity index (χ4n) is 0.732. The van der Waals surface area contributed by atoms with Crippen molar-refractivity contribution in [2.75, 3.05) is 6.61 Å². The topological polar surface area (TPSA) is 26.3 Å². The molecule has 0 radical (unpaired) electrons. The molecule has 0 spiro atoms. The molecule has 0 amide bonds. The highest BCUT2D eigenvalue weighted by atomic mass is 35.5. The van der Waals surface area contributed by atoms with Gasteiger partial charge in [0.25, 0.3) is 0 Å². The minimum atomic E-state index is -0.565. The Morgan fingerprint density at radius 3 is 2.67 bits per heavy atom. The number of halogens is 1. The van der Waals surface area contributed by atoms with Crippen LogP contribution in [-0.2, 0) is 4.79 Å². The van der Waals surface area contributed by atoms with E-state index in [0.717, 1.165) is 5.75 Å². The SMILES string of the molecule is O=CC(Cl)COc1ccccc1. The molecule has 12 heavy (non-hydrogen) atoms. The van der Waals surface area contributed by atoms with E-state index in [1.54, 1.807) is 0 Å². The number of carbonyl (C=O) groups is 1. The molecule has 0 aliphatic rings. The van der Waals surface area contributed by atoms with Crippen LogP contribution in [-0.4, -0.2) is 18.3 Å². The van der Waals surface area contributed by atoms with Crippen molar-refractivity contribution in [1.29, 1.82) is 0 Å². The third-order valence-electron chi connectivity index (χ3n) is 1.30. The number of hydrogen-bond donors (Lipinski definition) is 0. The summed E-state index contributed by atoms with van der Waals surface area (Å²) in [5.74, 6) is 0.727. The summed E-state index contributed by atoms with van der Waals surface area (Å²) in [5.41, 5.74) is 0. The molecule has 0 saturated heterocycles. The normalized spacial score (nSPS) is 12.1. The predicted molar refractivity (Wildman–Crippen MR) is 47.6 cm³/mol. The van der Waals surface area contributed by atoms with E-state index in [1.165, 1.54) is 0 Å². The second-order valence-corrected chi connectivity index (χ2v) is 2.84. The number of hydrogen-bond acceptors (Lipinski definition) is 2. The zero-order valence-corrected chi connectivity index (χ0v) is 7.20. The van der Waals surface area contributed by atoms with Gasteiger partial charge < -0.3 is 9.53 Å². The van der Waals surface area contributed by atoms with Gasteiger partial charge in [-0.05, 0) is 12.1 Å². The molecule has 0 aromatic heterocycles. The van der Waals surface area contributed by atoms with Crippen LogP contribution in [0.5, 0.6) is 5.75 Å². The highest BCUT2D eigenvalue weighted by Gasteiger charge is 2.01. The van der Waals surface area contributed by atoms with E-state index < -0.39 is 5.38 Å². The van der Waals surface area contributed by atoms with Gasteiger partial charge in [0.1, 0.15) is 24.0 Å². The highest BCUT2D eigenvalue weighted by molar-refractivity contribution is 6.27. The first-order chi connectivity index (χ1) is 5.83.